The Labute approximate surface area is 151 Å². The van der Waals surface area contributed by atoms with Crippen LogP contribution in [0.25, 0.3) is 0 Å². The number of piperazine rings is 1. The monoisotopic (exact) mass is 348 g/mol. The molecule has 1 saturated heterocycles. The summed E-state index contributed by atoms with van der Waals surface area (Å²) in [6.07, 6.45) is 3.60. The van der Waals surface area contributed by atoms with Crippen molar-refractivity contribution < 1.29 is 14.6 Å². The van der Waals surface area contributed by atoms with Crippen LogP contribution in [0.1, 0.15) is 26.2 Å². The number of benzene rings is 1. The van der Waals surface area contributed by atoms with Crippen molar-refractivity contribution in [2.45, 2.75) is 38.4 Å². The molecule has 1 aromatic carbocycles. The highest BCUT2D eigenvalue weighted by Crippen LogP contribution is 2.29. The number of nitrogens with zero attached hydrogens (tertiary/aromatic N) is 2. The van der Waals surface area contributed by atoms with E-state index >= 15 is 0 Å². The second kappa shape index (κ2) is 8.88. The molecule has 5 nitrogen and oxygen atoms in total. The SMILES string of the molecule is COc1ccccc1N1CCN(C[C@@H](O)CO[C@@H]2CCC[C@@H]2C)CC1. The number of ether oxygens (including phenoxy) is 2. The lowest BCUT2D eigenvalue weighted by atomic mass is 10.1. The van der Waals surface area contributed by atoms with Gasteiger partial charge in [-0.2, -0.15) is 0 Å². The first-order valence-corrected chi connectivity index (χ1v) is 9.57. The molecule has 0 unspecified atom stereocenters. The molecule has 1 heterocycles. The van der Waals surface area contributed by atoms with Crippen LogP contribution < -0.4 is 9.64 Å². The molecule has 0 radical (unpaired) electrons. The zero-order valence-corrected chi connectivity index (χ0v) is 15.6. The molecule has 3 atom stereocenters. The van der Waals surface area contributed by atoms with E-state index in [4.69, 9.17) is 9.47 Å². The molecule has 0 spiro atoms. The van der Waals surface area contributed by atoms with Gasteiger partial charge < -0.3 is 19.5 Å². The van der Waals surface area contributed by atoms with Crippen LogP contribution in [0.5, 0.6) is 5.75 Å². The third-order valence-electron chi connectivity index (χ3n) is 5.55. The highest BCUT2D eigenvalue weighted by molar-refractivity contribution is 5.58. The topological polar surface area (TPSA) is 45.2 Å². The molecule has 2 aliphatic rings. The summed E-state index contributed by atoms with van der Waals surface area (Å²) in [7, 11) is 1.72. The Morgan fingerprint density at radius 2 is 1.92 bits per heavy atom. The molecule has 0 bridgehead atoms. The number of methoxy groups -OCH3 is 1. The van der Waals surface area contributed by atoms with Gasteiger partial charge in [-0.15, -0.1) is 0 Å². The Bertz CT molecular complexity index is 531. The van der Waals surface area contributed by atoms with Gasteiger partial charge >= 0.3 is 0 Å². The van der Waals surface area contributed by atoms with Crippen molar-refractivity contribution in [3.63, 3.8) is 0 Å². The van der Waals surface area contributed by atoms with Gasteiger partial charge in [0.2, 0.25) is 0 Å². The maximum atomic E-state index is 10.3. The number of β-amino-alcohol motifs (C(OH)–C–C–N with tert-alkyl or cyclic N) is 1. The van der Waals surface area contributed by atoms with E-state index in [9.17, 15) is 5.11 Å². The maximum Gasteiger partial charge on any atom is 0.142 e. The minimum Gasteiger partial charge on any atom is -0.495 e. The number of aliphatic hydroxyl groups is 1. The molecule has 0 aromatic heterocycles. The Kier molecular flexibility index (Phi) is 6.57. The van der Waals surface area contributed by atoms with Crippen LogP contribution in [0.4, 0.5) is 5.69 Å². The van der Waals surface area contributed by atoms with Gasteiger partial charge in [0, 0.05) is 32.7 Å². The highest BCUT2D eigenvalue weighted by Gasteiger charge is 2.26. The van der Waals surface area contributed by atoms with Gasteiger partial charge in [-0.3, -0.25) is 4.90 Å². The van der Waals surface area contributed by atoms with Crippen LogP contribution in [0.15, 0.2) is 24.3 Å². The molecular weight excluding hydrogens is 316 g/mol. The second-order valence-electron chi connectivity index (χ2n) is 7.39. The summed E-state index contributed by atoms with van der Waals surface area (Å²) >= 11 is 0. The van der Waals surface area contributed by atoms with E-state index in [0.717, 1.165) is 44.0 Å². The Morgan fingerprint density at radius 1 is 1.16 bits per heavy atom. The minimum atomic E-state index is -0.398. The average molecular weight is 348 g/mol. The molecule has 140 valence electrons. The highest BCUT2D eigenvalue weighted by atomic mass is 16.5. The van der Waals surface area contributed by atoms with Crippen molar-refractivity contribution in [2.24, 2.45) is 5.92 Å². The van der Waals surface area contributed by atoms with E-state index in [0.29, 0.717) is 25.2 Å². The van der Waals surface area contributed by atoms with Gasteiger partial charge in [-0.25, -0.2) is 0 Å². The zero-order valence-electron chi connectivity index (χ0n) is 15.6. The van der Waals surface area contributed by atoms with E-state index in [2.05, 4.69) is 28.9 Å². The first kappa shape index (κ1) is 18.5. The summed E-state index contributed by atoms with van der Waals surface area (Å²) < 4.78 is 11.4. The fraction of sp³-hybridized carbons (Fsp3) is 0.700. The molecule has 1 N–H and O–H groups in total. The summed E-state index contributed by atoms with van der Waals surface area (Å²) in [5.41, 5.74) is 1.16. The molecule has 2 fully saturated rings. The van der Waals surface area contributed by atoms with E-state index in [1.54, 1.807) is 7.11 Å². The fourth-order valence-corrected chi connectivity index (χ4v) is 4.01. The van der Waals surface area contributed by atoms with Crippen molar-refractivity contribution in [1.29, 1.82) is 0 Å². The van der Waals surface area contributed by atoms with Crippen molar-refractivity contribution in [1.82, 2.24) is 4.90 Å². The molecule has 25 heavy (non-hydrogen) atoms. The Morgan fingerprint density at radius 3 is 2.60 bits per heavy atom. The largest absolute Gasteiger partial charge is 0.495 e. The quantitative estimate of drug-likeness (QED) is 0.820. The van der Waals surface area contributed by atoms with Gasteiger partial charge in [-0.1, -0.05) is 25.5 Å². The Hall–Kier alpha value is -1.30. The molecule has 1 saturated carbocycles. The Balaban J connectivity index is 1.41. The number of rotatable bonds is 7. The zero-order chi connectivity index (χ0) is 17.6. The van der Waals surface area contributed by atoms with Gasteiger partial charge in [-0.05, 0) is 30.9 Å². The van der Waals surface area contributed by atoms with Crippen molar-refractivity contribution in [3.8, 4) is 5.75 Å². The average Bonchev–Trinajstić information content (AvgIpc) is 3.05. The van der Waals surface area contributed by atoms with Crippen molar-refractivity contribution >= 4 is 5.69 Å². The predicted octanol–water partition coefficient (Wildman–Crippen LogP) is 2.38. The van der Waals surface area contributed by atoms with Crippen LogP contribution in [-0.4, -0.2) is 68.7 Å². The number of para-hydroxylation sites is 2. The molecule has 0 amide bonds. The van der Waals surface area contributed by atoms with Crippen LogP contribution >= 0.6 is 0 Å². The fourth-order valence-electron chi connectivity index (χ4n) is 4.01. The number of hydrogen-bond acceptors (Lipinski definition) is 5. The van der Waals surface area contributed by atoms with Crippen LogP contribution in [0, 0.1) is 5.92 Å². The lowest BCUT2D eigenvalue weighted by molar-refractivity contribution is -0.0321. The van der Waals surface area contributed by atoms with Gasteiger partial charge in [0.25, 0.3) is 0 Å². The van der Waals surface area contributed by atoms with Gasteiger partial charge in [0.15, 0.2) is 0 Å². The van der Waals surface area contributed by atoms with E-state index in [-0.39, 0.29) is 0 Å². The van der Waals surface area contributed by atoms with Gasteiger partial charge in [0.1, 0.15) is 5.75 Å². The summed E-state index contributed by atoms with van der Waals surface area (Å²) in [6.45, 7) is 7.22. The lowest BCUT2D eigenvalue weighted by Crippen LogP contribution is -2.49. The van der Waals surface area contributed by atoms with E-state index in [1.807, 2.05) is 12.1 Å². The number of aliphatic hydroxyl groups excluding tert-OH is 1. The number of hydrogen-bond donors (Lipinski definition) is 1. The van der Waals surface area contributed by atoms with E-state index < -0.39 is 6.10 Å². The minimum absolute atomic E-state index is 0.344. The van der Waals surface area contributed by atoms with Crippen LogP contribution in [0.2, 0.25) is 0 Å². The van der Waals surface area contributed by atoms with Crippen molar-refractivity contribution in [3.05, 3.63) is 24.3 Å². The lowest BCUT2D eigenvalue weighted by Gasteiger charge is -2.37. The van der Waals surface area contributed by atoms with E-state index in [1.165, 1.54) is 12.8 Å². The molecule has 1 aromatic rings. The summed E-state index contributed by atoms with van der Waals surface area (Å²) in [4.78, 5) is 4.69. The summed E-state index contributed by atoms with van der Waals surface area (Å²) in [6, 6.07) is 8.17. The maximum absolute atomic E-state index is 10.3. The number of anilines is 1. The molecule has 1 aliphatic heterocycles. The first-order chi connectivity index (χ1) is 12.2. The summed E-state index contributed by atoms with van der Waals surface area (Å²) in [5, 5.41) is 10.3. The normalized spacial score (nSPS) is 26.0. The standard InChI is InChI=1S/C20H32N2O3/c1-16-6-5-9-19(16)25-15-17(23)14-21-10-12-22(13-11-21)18-7-3-4-8-20(18)24-2/h3-4,7-8,16-17,19,23H,5-6,9-15H2,1-2H3/t16-,17+,19+/m0/s1. The third kappa shape index (κ3) is 4.87. The van der Waals surface area contributed by atoms with Crippen LogP contribution in [-0.2, 0) is 4.74 Å². The van der Waals surface area contributed by atoms with Crippen LogP contribution in [0.3, 0.4) is 0 Å². The third-order valence-corrected chi connectivity index (χ3v) is 5.55. The molecule has 3 rings (SSSR count). The van der Waals surface area contributed by atoms with Crippen molar-refractivity contribution in [2.75, 3.05) is 51.3 Å². The van der Waals surface area contributed by atoms with Gasteiger partial charge in [0.05, 0.1) is 31.6 Å². The predicted molar refractivity (Wildman–Crippen MR) is 100 cm³/mol. The first-order valence-electron chi connectivity index (χ1n) is 9.57. The molecule has 5 heteroatoms. The smallest absolute Gasteiger partial charge is 0.142 e. The summed E-state index contributed by atoms with van der Waals surface area (Å²) in [5.74, 6) is 1.56. The molecular formula is C20H32N2O3. The second-order valence-corrected chi connectivity index (χ2v) is 7.39. The molecule has 1 aliphatic carbocycles.